The standard InChI is InChI=1S/C42H64BrP/c1-2-3-4-5-6-7-8-9-10-11-12-13-14-15-16-17-18-19-20-21-22-32-39-44(43,40-33-26-23-27-34-40,41-35-28-24-29-36-41)42-37-30-25-31-38-42/h23-31,33-38H,2-22,32,39H2,1H3. The summed E-state index contributed by atoms with van der Waals surface area (Å²) in [5, 5.41) is 1.59. The molecule has 0 aliphatic carbocycles. The summed E-state index contributed by atoms with van der Waals surface area (Å²) in [5.41, 5.74) is 0. The van der Waals surface area contributed by atoms with Gasteiger partial charge in [-0.05, 0) is 0 Å². The number of benzene rings is 3. The van der Waals surface area contributed by atoms with Crippen LogP contribution in [0, 0.1) is 0 Å². The summed E-state index contributed by atoms with van der Waals surface area (Å²) in [6.45, 7) is 2.30. The minimum absolute atomic E-state index is 1.17. The van der Waals surface area contributed by atoms with Crippen molar-refractivity contribution in [2.75, 3.05) is 6.16 Å². The second kappa shape index (κ2) is 22.2. The first-order chi connectivity index (χ1) is 21.7. The van der Waals surface area contributed by atoms with Gasteiger partial charge in [0, 0.05) is 0 Å². The molecule has 0 nitrogen and oxygen atoms in total. The molecule has 3 rings (SSSR count). The Morgan fingerprint density at radius 1 is 0.341 bits per heavy atom. The SMILES string of the molecule is CCCCCCCCCCCCCCCCCCCCCCCCP(Br)(c1ccccc1)(c1ccccc1)c1ccccc1. The van der Waals surface area contributed by atoms with E-state index in [9.17, 15) is 0 Å². The molecule has 0 unspecified atom stereocenters. The summed E-state index contributed by atoms with van der Waals surface area (Å²) in [6.07, 6.45) is 32.6. The van der Waals surface area contributed by atoms with Gasteiger partial charge < -0.3 is 0 Å². The van der Waals surface area contributed by atoms with E-state index in [1.807, 2.05) is 0 Å². The van der Waals surface area contributed by atoms with Crippen LogP contribution in [0.4, 0.5) is 0 Å². The van der Waals surface area contributed by atoms with Crippen LogP contribution in [-0.4, -0.2) is 6.16 Å². The van der Waals surface area contributed by atoms with Crippen molar-refractivity contribution in [2.45, 2.75) is 148 Å². The van der Waals surface area contributed by atoms with Gasteiger partial charge >= 0.3 is 204 Å². The van der Waals surface area contributed by atoms with E-state index in [0.717, 1.165) is 0 Å². The zero-order chi connectivity index (χ0) is 31.0. The fourth-order valence-electron chi connectivity index (χ4n) is 7.07. The molecule has 0 saturated heterocycles. The first-order valence-corrected chi connectivity index (χ1v) is 23.0. The van der Waals surface area contributed by atoms with Crippen LogP contribution in [0.15, 0.2) is 91.0 Å². The first-order valence-electron chi connectivity index (χ1n) is 18.6. The topological polar surface area (TPSA) is 0 Å². The van der Waals surface area contributed by atoms with Gasteiger partial charge in [-0.2, -0.15) is 0 Å². The molecule has 0 radical (unpaired) electrons. The van der Waals surface area contributed by atoms with Crippen LogP contribution in [0.1, 0.15) is 148 Å². The van der Waals surface area contributed by atoms with Crippen molar-refractivity contribution in [3.05, 3.63) is 91.0 Å². The van der Waals surface area contributed by atoms with Crippen molar-refractivity contribution >= 4 is 36.7 Å². The van der Waals surface area contributed by atoms with E-state index in [4.69, 9.17) is 0 Å². The third-order valence-electron chi connectivity index (χ3n) is 9.82. The molecule has 44 heavy (non-hydrogen) atoms. The van der Waals surface area contributed by atoms with Crippen molar-refractivity contribution < 1.29 is 0 Å². The van der Waals surface area contributed by atoms with Crippen LogP contribution >= 0.6 is 20.8 Å². The zero-order valence-electron chi connectivity index (χ0n) is 28.2. The Morgan fingerprint density at radius 3 is 0.818 bits per heavy atom. The van der Waals surface area contributed by atoms with Crippen LogP contribution in [0.2, 0.25) is 0 Å². The molecule has 0 bridgehead atoms. The molecule has 244 valence electrons. The van der Waals surface area contributed by atoms with E-state index in [-0.39, 0.29) is 0 Å². The van der Waals surface area contributed by atoms with Crippen LogP contribution in [0.3, 0.4) is 0 Å². The number of rotatable bonds is 26. The Morgan fingerprint density at radius 2 is 0.568 bits per heavy atom. The number of hydrogen-bond donors (Lipinski definition) is 0. The minimum atomic E-state index is -2.74. The monoisotopic (exact) mass is 678 g/mol. The van der Waals surface area contributed by atoms with Gasteiger partial charge in [0.25, 0.3) is 0 Å². The molecule has 0 spiro atoms. The Balaban J connectivity index is 1.28. The van der Waals surface area contributed by atoms with Crippen molar-refractivity contribution in [3.8, 4) is 0 Å². The summed E-state index contributed by atoms with van der Waals surface area (Å²) < 4.78 is 0. The van der Waals surface area contributed by atoms with E-state index >= 15 is 0 Å². The third-order valence-corrected chi connectivity index (χ3v) is 19.8. The predicted molar refractivity (Wildman–Crippen MR) is 206 cm³/mol. The summed E-state index contributed by atoms with van der Waals surface area (Å²) in [6, 6.07) is 33.8. The van der Waals surface area contributed by atoms with Crippen LogP contribution in [0.5, 0.6) is 0 Å². The van der Waals surface area contributed by atoms with Gasteiger partial charge in [-0.15, -0.1) is 0 Å². The molecule has 2 heteroatoms. The number of halogens is 1. The van der Waals surface area contributed by atoms with Crippen LogP contribution in [0.25, 0.3) is 0 Å². The maximum atomic E-state index is 4.61. The third kappa shape index (κ3) is 12.1. The average molecular weight is 680 g/mol. The van der Waals surface area contributed by atoms with Gasteiger partial charge in [-0.3, -0.25) is 0 Å². The molecule has 0 N–H and O–H groups in total. The molecule has 3 aromatic rings. The molecule has 3 aromatic carbocycles. The fraction of sp³-hybridized carbons (Fsp3) is 0.571. The van der Waals surface area contributed by atoms with Crippen molar-refractivity contribution in [2.24, 2.45) is 0 Å². The van der Waals surface area contributed by atoms with E-state index in [1.165, 1.54) is 163 Å². The van der Waals surface area contributed by atoms with E-state index in [1.54, 1.807) is 0 Å². The Bertz CT molecular complexity index is 981. The van der Waals surface area contributed by atoms with Gasteiger partial charge in [0.2, 0.25) is 0 Å². The molecule has 0 aliphatic rings. The Hall–Kier alpha value is -1.43. The second-order valence-electron chi connectivity index (χ2n) is 13.3. The molecule has 0 heterocycles. The maximum absolute atomic E-state index is 4.61. The number of unbranched alkanes of at least 4 members (excludes halogenated alkanes) is 21. The summed E-state index contributed by atoms with van der Waals surface area (Å²) >= 11 is 4.61. The molecule has 0 amide bonds. The van der Waals surface area contributed by atoms with E-state index < -0.39 is 5.31 Å². The Kier molecular flexibility index (Phi) is 18.6. The molecular formula is C42H64BrP. The predicted octanol–water partition coefficient (Wildman–Crippen LogP) is 13.4. The molecule has 0 atom stereocenters. The van der Waals surface area contributed by atoms with Crippen molar-refractivity contribution in [1.82, 2.24) is 0 Å². The molecular weight excluding hydrogens is 615 g/mol. The van der Waals surface area contributed by atoms with Gasteiger partial charge in [0.1, 0.15) is 0 Å². The average Bonchev–Trinajstić information content (AvgIpc) is 3.08. The fourth-order valence-corrected chi connectivity index (χ4v) is 14.8. The molecule has 0 aliphatic heterocycles. The van der Waals surface area contributed by atoms with E-state index in [2.05, 4.69) is 113 Å². The molecule has 0 saturated carbocycles. The van der Waals surface area contributed by atoms with Gasteiger partial charge in [-0.1, -0.05) is 77.6 Å². The molecule has 0 aromatic heterocycles. The quantitative estimate of drug-likeness (QED) is 0.0585. The zero-order valence-corrected chi connectivity index (χ0v) is 30.7. The van der Waals surface area contributed by atoms with Crippen molar-refractivity contribution in [1.29, 1.82) is 0 Å². The summed E-state index contributed by atoms with van der Waals surface area (Å²) in [5.74, 6) is 0. The molecule has 0 fully saturated rings. The Labute approximate surface area is 280 Å². The van der Waals surface area contributed by atoms with E-state index in [0.29, 0.717) is 0 Å². The van der Waals surface area contributed by atoms with Gasteiger partial charge in [0.05, 0.1) is 0 Å². The van der Waals surface area contributed by atoms with Gasteiger partial charge in [-0.25, -0.2) is 0 Å². The summed E-state index contributed by atoms with van der Waals surface area (Å²) in [7, 11) is 0. The van der Waals surface area contributed by atoms with Crippen LogP contribution < -0.4 is 15.9 Å². The van der Waals surface area contributed by atoms with Crippen molar-refractivity contribution in [3.63, 3.8) is 0 Å². The van der Waals surface area contributed by atoms with Crippen LogP contribution in [-0.2, 0) is 0 Å². The number of hydrogen-bond acceptors (Lipinski definition) is 0. The normalized spacial score (nSPS) is 12.6. The van der Waals surface area contributed by atoms with Gasteiger partial charge in [0.15, 0.2) is 0 Å². The first kappa shape index (κ1) is 37.0. The second-order valence-corrected chi connectivity index (χ2v) is 22.4. The summed E-state index contributed by atoms with van der Waals surface area (Å²) in [4.78, 5) is 0.